The normalized spacial score (nSPS) is 11.8. The van der Waals surface area contributed by atoms with Crippen LogP contribution in [0, 0.1) is 12.7 Å². The molecule has 0 spiro atoms. The summed E-state index contributed by atoms with van der Waals surface area (Å²) in [5, 5.41) is 0.147. The number of hydrogen-bond acceptors (Lipinski definition) is 3. The van der Waals surface area contributed by atoms with Crippen molar-refractivity contribution >= 4 is 17.2 Å². The standard InChI is InChI=1S/C11H8F4N2S/c1-5-9(16)17-10(18-5)6-3-2-4-7(8(6)12)11(13,14)15/h2-4H,16H2,1H3. The van der Waals surface area contributed by atoms with E-state index in [0.717, 1.165) is 17.4 Å². The van der Waals surface area contributed by atoms with Crippen LogP contribution in [-0.2, 0) is 6.18 Å². The van der Waals surface area contributed by atoms with Crippen LogP contribution in [0.4, 0.5) is 23.4 Å². The zero-order valence-corrected chi connectivity index (χ0v) is 9.99. The molecule has 2 rings (SSSR count). The molecule has 7 heteroatoms. The van der Waals surface area contributed by atoms with Crippen molar-refractivity contribution in [1.29, 1.82) is 0 Å². The first-order valence-electron chi connectivity index (χ1n) is 4.89. The van der Waals surface area contributed by atoms with Crippen molar-refractivity contribution in [1.82, 2.24) is 4.98 Å². The first kappa shape index (κ1) is 12.8. The first-order chi connectivity index (χ1) is 8.30. The van der Waals surface area contributed by atoms with E-state index < -0.39 is 17.6 Å². The second kappa shape index (κ2) is 4.24. The second-order valence-electron chi connectivity index (χ2n) is 3.63. The van der Waals surface area contributed by atoms with Crippen molar-refractivity contribution in [3.05, 3.63) is 34.5 Å². The van der Waals surface area contributed by atoms with E-state index in [2.05, 4.69) is 4.98 Å². The van der Waals surface area contributed by atoms with Gasteiger partial charge in [0.25, 0.3) is 0 Å². The number of hydrogen-bond donors (Lipinski definition) is 1. The summed E-state index contributed by atoms with van der Waals surface area (Å²) < 4.78 is 51.4. The molecule has 0 aliphatic carbocycles. The molecular formula is C11H8F4N2S. The minimum absolute atomic E-state index is 0.147. The molecule has 0 bridgehead atoms. The molecule has 0 saturated heterocycles. The van der Waals surface area contributed by atoms with E-state index >= 15 is 0 Å². The van der Waals surface area contributed by atoms with Crippen LogP contribution in [0.25, 0.3) is 10.6 Å². The van der Waals surface area contributed by atoms with Gasteiger partial charge in [-0.3, -0.25) is 0 Å². The number of benzene rings is 1. The van der Waals surface area contributed by atoms with Gasteiger partial charge in [0, 0.05) is 10.4 Å². The van der Waals surface area contributed by atoms with Gasteiger partial charge in [0.15, 0.2) is 0 Å². The third-order valence-corrected chi connectivity index (χ3v) is 3.39. The Morgan fingerprint density at radius 1 is 1.28 bits per heavy atom. The SMILES string of the molecule is Cc1sc(-c2cccc(C(F)(F)F)c2F)nc1N. The molecule has 1 aromatic carbocycles. The van der Waals surface area contributed by atoms with Gasteiger partial charge in [0.2, 0.25) is 0 Å². The monoisotopic (exact) mass is 276 g/mol. The van der Waals surface area contributed by atoms with Crippen LogP contribution in [0.5, 0.6) is 0 Å². The van der Waals surface area contributed by atoms with Crippen LogP contribution in [0.1, 0.15) is 10.4 Å². The number of nitrogen functional groups attached to an aromatic ring is 1. The number of thiazole rings is 1. The lowest BCUT2D eigenvalue weighted by atomic mass is 10.1. The topological polar surface area (TPSA) is 38.9 Å². The van der Waals surface area contributed by atoms with E-state index in [-0.39, 0.29) is 16.4 Å². The molecule has 96 valence electrons. The highest BCUT2D eigenvalue weighted by Crippen LogP contribution is 2.37. The average molecular weight is 276 g/mol. The minimum atomic E-state index is -4.72. The lowest BCUT2D eigenvalue weighted by Crippen LogP contribution is -2.08. The van der Waals surface area contributed by atoms with E-state index in [9.17, 15) is 17.6 Å². The van der Waals surface area contributed by atoms with Gasteiger partial charge in [-0.2, -0.15) is 13.2 Å². The number of aromatic nitrogens is 1. The molecule has 1 aromatic heterocycles. The molecule has 0 aliphatic heterocycles. The van der Waals surface area contributed by atoms with Gasteiger partial charge in [-0.15, -0.1) is 11.3 Å². The van der Waals surface area contributed by atoms with Gasteiger partial charge in [0.1, 0.15) is 16.6 Å². The van der Waals surface area contributed by atoms with Crippen LogP contribution < -0.4 is 5.73 Å². The highest BCUT2D eigenvalue weighted by atomic mass is 32.1. The van der Waals surface area contributed by atoms with Crippen LogP contribution in [0.15, 0.2) is 18.2 Å². The Labute approximate surface area is 104 Å². The van der Waals surface area contributed by atoms with Crippen molar-refractivity contribution in [3.63, 3.8) is 0 Å². The van der Waals surface area contributed by atoms with E-state index in [1.54, 1.807) is 6.92 Å². The maximum absolute atomic E-state index is 13.8. The van der Waals surface area contributed by atoms with Crippen LogP contribution >= 0.6 is 11.3 Å². The van der Waals surface area contributed by atoms with Gasteiger partial charge in [-0.1, -0.05) is 6.07 Å². The molecule has 0 unspecified atom stereocenters. The fourth-order valence-corrected chi connectivity index (χ4v) is 2.29. The Hall–Kier alpha value is -1.63. The van der Waals surface area contributed by atoms with E-state index in [1.165, 1.54) is 6.07 Å². The maximum atomic E-state index is 13.8. The summed E-state index contributed by atoms with van der Waals surface area (Å²) in [6.07, 6.45) is -4.72. The average Bonchev–Trinajstić information content (AvgIpc) is 2.57. The summed E-state index contributed by atoms with van der Waals surface area (Å²) in [4.78, 5) is 4.49. The fourth-order valence-electron chi connectivity index (χ4n) is 1.44. The number of nitrogens with two attached hydrogens (primary N) is 1. The predicted molar refractivity (Wildman–Crippen MR) is 61.7 cm³/mol. The molecular weight excluding hydrogens is 268 g/mol. The summed E-state index contributed by atoms with van der Waals surface area (Å²) in [5.74, 6) is -1.12. The first-order valence-corrected chi connectivity index (χ1v) is 5.71. The largest absolute Gasteiger partial charge is 0.419 e. The lowest BCUT2D eigenvalue weighted by Gasteiger charge is -2.09. The second-order valence-corrected chi connectivity index (χ2v) is 4.83. The van der Waals surface area contributed by atoms with Gasteiger partial charge in [-0.05, 0) is 19.1 Å². The van der Waals surface area contributed by atoms with Gasteiger partial charge < -0.3 is 5.73 Å². The summed E-state index contributed by atoms with van der Waals surface area (Å²) in [5.41, 5.74) is 4.02. The molecule has 1 heterocycles. The molecule has 18 heavy (non-hydrogen) atoms. The van der Waals surface area contributed by atoms with E-state index in [0.29, 0.717) is 10.9 Å². The minimum Gasteiger partial charge on any atom is -0.383 e. The van der Waals surface area contributed by atoms with Crippen LogP contribution in [0.3, 0.4) is 0 Å². The Balaban J connectivity index is 2.59. The zero-order valence-electron chi connectivity index (χ0n) is 9.18. The maximum Gasteiger partial charge on any atom is 0.419 e. The van der Waals surface area contributed by atoms with E-state index in [1.807, 2.05) is 0 Å². The molecule has 0 aliphatic rings. The fraction of sp³-hybridized carbons (Fsp3) is 0.182. The van der Waals surface area contributed by atoms with Crippen LogP contribution in [-0.4, -0.2) is 4.98 Å². The Bertz CT molecular complexity index is 570. The molecule has 0 radical (unpaired) electrons. The number of alkyl halides is 3. The van der Waals surface area contributed by atoms with Crippen LogP contribution in [0.2, 0.25) is 0 Å². The Kier molecular flexibility index (Phi) is 3.02. The zero-order chi connectivity index (χ0) is 13.5. The van der Waals surface area contributed by atoms with Gasteiger partial charge in [-0.25, -0.2) is 9.37 Å². The number of rotatable bonds is 1. The molecule has 0 saturated carbocycles. The molecule has 2 nitrogen and oxygen atoms in total. The third-order valence-electron chi connectivity index (χ3n) is 2.37. The van der Waals surface area contributed by atoms with Gasteiger partial charge >= 0.3 is 6.18 Å². The molecule has 0 atom stereocenters. The number of halogens is 4. The number of aryl methyl sites for hydroxylation is 1. The molecule has 2 N–H and O–H groups in total. The highest BCUT2D eigenvalue weighted by molar-refractivity contribution is 7.15. The third kappa shape index (κ3) is 2.17. The summed E-state index contributed by atoms with van der Waals surface area (Å²) in [6.45, 7) is 1.67. The van der Waals surface area contributed by atoms with Gasteiger partial charge in [0.05, 0.1) is 5.56 Å². The van der Waals surface area contributed by atoms with E-state index in [4.69, 9.17) is 5.73 Å². The van der Waals surface area contributed by atoms with Crippen molar-refractivity contribution < 1.29 is 17.6 Å². The molecule has 0 fully saturated rings. The summed E-state index contributed by atoms with van der Waals surface area (Å²) in [6, 6.07) is 3.10. The van der Waals surface area contributed by atoms with Crippen molar-refractivity contribution in [2.45, 2.75) is 13.1 Å². The Morgan fingerprint density at radius 2 is 1.94 bits per heavy atom. The van der Waals surface area contributed by atoms with Crippen molar-refractivity contribution in [2.75, 3.05) is 5.73 Å². The smallest absolute Gasteiger partial charge is 0.383 e. The lowest BCUT2D eigenvalue weighted by molar-refractivity contribution is -0.139. The number of anilines is 1. The molecule has 0 amide bonds. The van der Waals surface area contributed by atoms with Crippen molar-refractivity contribution in [2.24, 2.45) is 0 Å². The number of nitrogens with zero attached hydrogens (tertiary/aromatic N) is 1. The summed E-state index contributed by atoms with van der Waals surface area (Å²) in [7, 11) is 0. The quantitative estimate of drug-likeness (QED) is 0.803. The Morgan fingerprint density at radius 3 is 2.44 bits per heavy atom. The summed E-state index contributed by atoms with van der Waals surface area (Å²) >= 11 is 1.06. The van der Waals surface area contributed by atoms with Crippen molar-refractivity contribution in [3.8, 4) is 10.6 Å². The molecule has 2 aromatic rings. The predicted octanol–water partition coefficient (Wildman–Crippen LogP) is 3.86. The highest BCUT2D eigenvalue weighted by Gasteiger charge is 2.35.